The van der Waals surface area contributed by atoms with Crippen molar-refractivity contribution in [2.24, 2.45) is 0 Å². The topological polar surface area (TPSA) is 0 Å². The van der Waals surface area contributed by atoms with Gasteiger partial charge in [0, 0.05) is 0 Å². The van der Waals surface area contributed by atoms with E-state index >= 15 is 0 Å². The van der Waals surface area contributed by atoms with E-state index in [2.05, 4.69) is 121 Å². The van der Waals surface area contributed by atoms with Gasteiger partial charge in [0.25, 0.3) is 0 Å². The van der Waals surface area contributed by atoms with Crippen molar-refractivity contribution >= 4 is 28.7 Å². The third-order valence-corrected chi connectivity index (χ3v) is 14.3. The third-order valence-electron chi connectivity index (χ3n) is 6.77. The van der Waals surface area contributed by atoms with Gasteiger partial charge < -0.3 is 0 Å². The number of hydrogen-bond acceptors (Lipinski definition) is 0. The number of rotatable bonds is 4. The molecule has 0 bridgehead atoms. The molecule has 0 amide bonds. The van der Waals surface area contributed by atoms with Gasteiger partial charge in [0.2, 0.25) is 0 Å². The van der Waals surface area contributed by atoms with Crippen LogP contribution in [-0.2, 0) is 0 Å². The van der Waals surface area contributed by atoms with Gasteiger partial charge in [0.05, 0.1) is 0 Å². The van der Waals surface area contributed by atoms with Gasteiger partial charge in [0.1, 0.15) is 0 Å². The van der Waals surface area contributed by atoms with E-state index in [9.17, 15) is 0 Å². The molecule has 0 spiro atoms. The molecule has 4 aromatic carbocycles. The summed E-state index contributed by atoms with van der Waals surface area (Å²) in [4.78, 5) is 0. The maximum absolute atomic E-state index is 2.38. The molecule has 0 aliphatic heterocycles. The minimum absolute atomic E-state index is 0.473. The molecular formula is C30H24Ge. The van der Waals surface area contributed by atoms with E-state index in [4.69, 9.17) is 0 Å². The summed E-state index contributed by atoms with van der Waals surface area (Å²) >= 11 is -2.25. The molecule has 1 atom stereocenters. The molecule has 2 aliphatic carbocycles. The first kappa shape index (κ1) is 18.7. The van der Waals surface area contributed by atoms with Crippen molar-refractivity contribution in [3.05, 3.63) is 138 Å². The Kier molecular flexibility index (Phi) is 4.73. The Hall–Kier alpha value is -3.10. The molecule has 0 N–H and O–H groups in total. The summed E-state index contributed by atoms with van der Waals surface area (Å²) in [6.07, 6.45) is 7.83. The van der Waals surface area contributed by atoms with Crippen molar-refractivity contribution in [3.63, 3.8) is 0 Å². The van der Waals surface area contributed by atoms with Crippen LogP contribution in [0.25, 0.3) is 16.7 Å². The average molecular weight is 457 g/mol. The Bertz CT molecular complexity index is 1260. The van der Waals surface area contributed by atoms with Gasteiger partial charge in [-0.3, -0.25) is 0 Å². The zero-order chi connectivity index (χ0) is 20.6. The van der Waals surface area contributed by atoms with E-state index in [1.54, 1.807) is 14.4 Å². The van der Waals surface area contributed by atoms with E-state index < -0.39 is 14.3 Å². The summed E-state index contributed by atoms with van der Waals surface area (Å²) in [6.45, 7) is 0. The van der Waals surface area contributed by atoms with Crippen LogP contribution in [0.4, 0.5) is 0 Å². The second-order valence-corrected chi connectivity index (χ2v) is 14.7. The summed E-state index contributed by atoms with van der Waals surface area (Å²) in [6, 6.07) is 38.7. The van der Waals surface area contributed by atoms with Crippen LogP contribution in [0, 0.1) is 0 Å². The van der Waals surface area contributed by atoms with E-state index in [0.29, 0.717) is 4.75 Å². The van der Waals surface area contributed by atoms with Crippen LogP contribution in [0.1, 0.15) is 27.9 Å². The Morgan fingerprint density at radius 1 is 0.581 bits per heavy atom. The first-order valence-corrected chi connectivity index (χ1v) is 14.9. The van der Waals surface area contributed by atoms with Crippen molar-refractivity contribution in [2.45, 2.75) is 11.2 Å². The molecule has 0 aromatic heterocycles. The van der Waals surface area contributed by atoms with E-state index in [-0.39, 0.29) is 0 Å². The minimum atomic E-state index is -2.25. The van der Waals surface area contributed by atoms with E-state index in [1.165, 1.54) is 27.8 Å². The predicted octanol–water partition coefficient (Wildman–Crippen LogP) is 5.72. The molecule has 6 rings (SSSR count). The normalized spacial score (nSPS) is 16.3. The Morgan fingerprint density at radius 2 is 1.19 bits per heavy atom. The van der Waals surface area contributed by atoms with Gasteiger partial charge in [-0.1, -0.05) is 0 Å². The molecule has 2 aliphatic rings. The predicted molar refractivity (Wildman–Crippen MR) is 135 cm³/mol. The second-order valence-electron chi connectivity index (χ2n) is 8.45. The van der Waals surface area contributed by atoms with Crippen LogP contribution in [0.2, 0.25) is 0 Å². The quantitative estimate of drug-likeness (QED) is 0.344. The van der Waals surface area contributed by atoms with Crippen LogP contribution in [-0.4, -0.2) is 14.3 Å². The molecule has 0 nitrogen and oxygen atoms in total. The summed E-state index contributed by atoms with van der Waals surface area (Å²) < 4.78 is 3.59. The Balaban J connectivity index is 1.64. The fraction of sp³-hybridized carbons (Fsp3) is 0.0667. The van der Waals surface area contributed by atoms with Crippen LogP contribution < -0.4 is 8.79 Å². The zero-order valence-corrected chi connectivity index (χ0v) is 19.8. The SMILES string of the molecule is C1=CCC(c2cccc3c2[CH]([GeH]([c]2ccccc2)[c]2ccccc2)c2ccccc2-3)=C1. The van der Waals surface area contributed by atoms with E-state index in [0.717, 1.165) is 6.42 Å². The molecular weight excluding hydrogens is 433 g/mol. The number of allylic oxidation sites excluding steroid dienone is 4. The molecule has 0 radical (unpaired) electrons. The van der Waals surface area contributed by atoms with Crippen LogP contribution in [0.3, 0.4) is 0 Å². The Morgan fingerprint density at radius 3 is 1.87 bits per heavy atom. The fourth-order valence-corrected chi connectivity index (χ4v) is 13.4. The molecule has 148 valence electrons. The summed E-state index contributed by atoms with van der Waals surface area (Å²) in [5, 5.41) is 0. The number of hydrogen-bond donors (Lipinski definition) is 0. The van der Waals surface area contributed by atoms with Gasteiger partial charge in [-0.25, -0.2) is 0 Å². The molecule has 1 heteroatoms. The number of fused-ring (bicyclic) bond motifs is 3. The third kappa shape index (κ3) is 3.14. The summed E-state index contributed by atoms with van der Waals surface area (Å²) in [5.74, 6) is 0. The van der Waals surface area contributed by atoms with Gasteiger partial charge in [0.15, 0.2) is 0 Å². The molecule has 31 heavy (non-hydrogen) atoms. The van der Waals surface area contributed by atoms with Crippen molar-refractivity contribution in [3.8, 4) is 11.1 Å². The molecule has 0 fully saturated rings. The standard InChI is InChI=1S/C30H24Ge/c1-3-14-23(15-4-1)31(24-16-5-2-6-17-24)30-28-19-10-9-18-26(28)27-21-11-20-25(29(27)30)22-12-7-8-13-22/h1-12,14-21,30-31H,13H2. The summed E-state index contributed by atoms with van der Waals surface area (Å²) in [7, 11) is 0. The van der Waals surface area contributed by atoms with Crippen LogP contribution in [0.15, 0.2) is 121 Å². The molecule has 0 saturated heterocycles. The maximum atomic E-state index is 2.38. The van der Waals surface area contributed by atoms with E-state index in [1.807, 2.05) is 0 Å². The molecule has 0 saturated carbocycles. The molecule has 4 aromatic rings. The average Bonchev–Trinajstić information content (AvgIpc) is 3.48. The van der Waals surface area contributed by atoms with Crippen molar-refractivity contribution in [2.75, 3.05) is 0 Å². The van der Waals surface area contributed by atoms with Crippen molar-refractivity contribution in [1.29, 1.82) is 0 Å². The number of benzene rings is 4. The first-order valence-electron chi connectivity index (χ1n) is 11.1. The first-order chi connectivity index (χ1) is 15.4. The monoisotopic (exact) mass is 458 g/mol. The van der Waals surface area contributed by atoms with Crippen molar-refractivity contribution in [1.82, 2.24) is 0 Å². The van der Waals surface area contributed by atoms with Gasteiger partial charge in [-0.15, -0.1) is 0 Å². The summed E-state index contributed by atoms with van der Waals surface area (Å²) in [5.41, 5.74) is 8.86. The molecule has 0 heterocycles. The zero-order valence-electron chi connectivity index (χ0n) is 17.4. The van der Waals surface area contributed by atoms with Crippen LogP contribution in [0.5, 0.6) is 0 Å². The van der Waals surface area contributed by atoms with Gasteiger partial charge >= 0.3 is 189 Å². The van der Waals surface area contributed by atoms with Gasteiger partial charge in [-0.2, -0.15) is 0 Å². The van der Waals surface area contributed by atoms with Crippen LogP contribution >= 0.6 is 0 Å². The molecule has 1 unspecified atom stereocenters. The van der Waals surface area contributed by atoms with Crippen molar-refractivity contribution < 1.29 is 0 Å². The fourth-order valence-electron chi connectivity index (χ4n) is 5.48. The Labute approximate surface area is 188 Å². The second kappa shape index (κ2) is 7.87. The van der Waals surface area contributed by atoms with Gasteiger partial charge in [-0.05, 0) is 0 Å².